The van der Waals surface area contributed by atoms with Crippen molar-refractivity contribution < 1.29 is 13.3 Å². The van der Waals surface area contributed by atoms with Gasteiger partial charge in [0.25, 0.3) is 5.69 Å². The molecule has 0 amide bonds. The fourth-order valence-electron chi connectivity index (χ4n) is 4.21. The van der Waals surface area contributed by atoms with E-state index in [2.05, 4.69) is 28.4 Å². The van der Waals surface area contributed by atoms with Crippen LogP contribution in [0, 0.1) is 10.1 Å². The molecule has 3 aromatic carbocycles. The van der Waals surface area contributed by atoms with E-state index in [1.54, 1.807) is 0 Å². The Bertz CT molecular complexity index is 1460. The highest BCUT2D eigenvalue weighted by Crippen LogP contribution is 2.29. The number of benzene rings is 3. The summed E-state index contributed by atoms with van der Waals surface area (Å²) in [5, 5.41) is 22.3. The van der Waals surface area contributed by atoms with E-state index in [1.807, 2.05) is 41.3 Å². The number of para-hydroxylation sites is 1. The monoisotopic (exact) mass is 475 g/mol. The van der Waals surface area contributed by atoms with Gasteiger partial charge in [-0.2, -0.15) is 4.31 Å². The molecule has 1 aromatic heterocycles. The number of anilines is 1. The van der Waals surface area contributed by atoms with Crippen LogP contribution in [0.3, 0.4) is 0 Å². The number of hydrogen-bond donors (Lipinski definition) is 0. The number of nitro groups is 1. The zero-order valence-electron chi connectivity index (χ0n) is 18.1. The number of rotatable bonds is 5. The predicted octanol–water partition coefficient (Wildman–Crippen LogP) is 3.72. The standard InChI is InChI=1S/C24H21N5O4S/c30-29(31)22-10-3-4-11-23(22)34(32,33)28-16-14-27(15-17-28)24-13-12-21(25-26-24)20-9-5-7-18-6-1-2-8-19(18)20/h1-13H,14-17H2. The van der Waals surface area contributed by atoms with Crippen molar-refractivity contribution in [2.45, 2.75) is 4.90 Å². The van der Waals surface area contributed by atoms with Gasteiger partial charge in [0.2, 0.25) is 10.0 Å². The molecule has 0 unspecified atom stereocenters. The van der Waals surface area contributed by atoms with Gasteiger partial charge in [-0.25, -0.2) is 8.42 Å². The largest absolute Gasteiger partial charge is 0.352 e. The smallest absolute Gasteiger partial charge is 0.289 e. The molecule has 5 rings (SSSR count). The lowest BCUT2D eigenvalue weighted by Crippen LogP contribution is -2.49. The lowest BCUT2D eigenvalue weighted by molar-refractivity contribution is -0.387. The van der Waals surface area contributed by atoms with E-state index in [-0.39, 0.29) is 18.0 Å². The van der Waals surface area contributed by atoms with Gasteiger partial charge >= 0.3 is 0 Å². The van der Waals surface area contributed by atoms with Gasteiger partial charge in [-0.3, -0.25) is 10.1 Å². The molecular weight excluding hydrogens is 454 g/mol. The lowest BCUT2D eigenvalue weighted by atomic mass is 10.0. The molecule has 0 atom stereocenters. The first-order valence-electron chi connectivity index (χ1n) is 10.8. The fourth-order valence-corrected chi connectivity index (χ4v) is 5.79. The molecule has 0 spiro atoms. The van der Waals surface area contributed by atoms with Gasteiger partial charge in [-0.1, -0.05) is 54.6 Å². The number of piperazine rings is 1. The van der Waals surface area contributed by atoms with Crippen LogP contribution in [-0.4, -0.2) is 54.0 Å². The van der Waals surface area contributed by atoms with Crippen molar-refractivity contribution in [2.24, 2.45) is 0 Å². The number of hydrogen-bond acceptors (Lipinski definition) is 7. The Kier molecular flexibility index (Phi) is 5.68. The van der Waals surface area contributed by atoms with Gasteiger partial charge in [0.15, 0.2) is 10.7 Å². The molecule has 172 valence electrons. The minimum Gasteiger partial charge on any atom is -0.352 e. The van der Waals surface area contributed by atoms with Crippen LogP contribution in [0.5, 0.6) is 0 Å². The molecule has 9 nitrogen and oxygen atoms in total. The van der Waals surface area contributed by atoms with Gasteiger partial charge < -0.3 is 4.90 Å². The number of nitrogens with zero attached hydrogens (tertiary/aromatic N) is 5. The number of nitro benzene ring substituents is 1. The maximum Gasteiger partial charge on any atom is 0.289 e. The topological polar surface area (TPSA) is 110 Å². The SMILES string of the molecule is O=[N+]([O-])c1ccccc1S(=O)(=O)N1CCN(c2ccc(-c3cccc4ccccc34)nn2)CC1. The highest BCUT2D eigenvalue weighted by atomic mass is 32.2. The Labute approximate surface area is 196 Å². The summed E-state index contributed by atoms with van der Waals surface area (Å²) < 4.78 is 27.4. The normalized spacial score (nSPS) is 14.9. The molecule has 1 saturated heterocycles. The van der Waals surface area contributed by atoms with Gasteiger partial charge in [-0.15, -0.1) is 10.2 Å². The molecule has 1 aliphatic heterocycles. The zero-order chi connectivity index (χ0) is 23.7. The average molecular weight is 476 g/mol. The number of fused-ring (bicyclic) bond motifs is 1. The summed E-state index contributed by atoms with van der Waals surface area (Å²) >= 11 is 0. The Hall–Kier alpha value is -3.89. The van der Waals surface area contributed by atoms with E-state index >= 15 is 0 Å². The summed E-state index contributed by atoms with van der Waals surface area (Å²) in [4.78, 5) is 12.3. The molecule has 0 aliphatic carbocycles. The molecule has 2 heterocycles. The van der Waals surface area contributed by atoms with Crippen LogP contribution in [0.1, 0.15) is 0 Å². The van der Waals surface area contributed by atoms with E-state index in [0.717, 1.165) is 22.0 Å². The van der Waals surface area contributed by atoms with Crippen LogP contribution >= 0.6 is 0 Å². The van der Waals surface area contributed by atoms with E-state index in [1.165, 1.54) is 28.6 Å². The molecule has 0 N–H and O–H groups in total. The summed E-state index contributed by atoms with van der Waals surface area (Å²) in [6, 6.07) is 23.4. The van der Waals surface area contributed by atoms with Crippen molar-refractivity contribution in [2.75, 3.05) is 31.1 Å². The summed E-state index contributed by atoms with van der Waals surface area (Å²) in [6.45, 7) is 1.20. The van der Waals surface area contributed by atoms with Crippen molar-refractivity contribution in [1.82, 2.24) is 14.5 Å². The minimum atomic E-state index is -3.98. The highest BCUT2D eigenvalue weighted by molar-refractivity contribution is 7.89. The average Bonchev–Trinajstić information content (AvgIpc) is 2.88. The molecule has 0 radical (unpaired) electrons. The summed E-state index contributed by atoms with van der Waals surface area (Å²) in [7, 11) is -3.98. The van der Waals surface area contributed by atoms with Crippen molar-refractivity contribution in [1.29, 1.82) is 0 Å². The number of sulfonamides is 1. The van der Waals surface area contributed by atoms with Crippen LogP contribution < -0.4 is 4.90 Å². The Morgan fingerprint density at radius 1 is 0.794 bits per heavy atom. The molecule has 0 bridgehead atoms. The van der Waals surface area contributed by atoms with Crippen molar-refractivity contribution >= 4 is 32.3 Å². The van der Waals surface area contributed by atoms with Gasteiger partial charge in [0.1, 0.15) is 0 Å². The minimum absolute atomic E-state index is 0.196. The highest BCUT2D eigenvalue weighted by Gasteiger charge is 2.33. The van der Waals surface area contributed by atoms with Gasteiger partial charge in [0.05, 0.1) is 10.6 Å². The third kappa shape index (κ3) is 3.97. The summed E-state index contributed by atoms with van der Waals surface area (Å²) in [5.74, 6) is 0.659. The van der Waals surface area contributed by atoms with Crippen molar-refractivity contribution in [3.8, 4) is 11.3 Å². The molecule has 34 heavy (non-hydrogen) atoms. The second kappa shape index (κ2) is 8.81. The molecule has 1 fully saturated rings. The molecule has 0 saturated carbocycles. The second-order valence-corrected chi connectivity index (χ2v) is 9.83. The zero-order valence-corrected chi connectivity index (χ0v) is 18.9. The van der Waals surface area contributed by atoms with Crippen LogP contribution in [0.4, 0.5) is 11.5 Å². The van der Waals surface area contributed by atoms with Crippen LogP contribution in [0.2, 0.25) is 0 Å². The predicted molar refractivity (Wildman–Crippen MR) is 129 cm³/mol. The molecule has 10 heteroatoms. The summed E-state index contributed by atoms with van der Waals surface area (Å²) in [5.41, 5.74) is 1.34. The maximum absolute atomic E-state index is 13.0. The van der Waals surface area contributed by atoms with E-state index in [9.17, 15) is 18.5 Å². The molecule has 1 aliphatic rings. The molecular formula is C24H21N5O4S. The second-order valence-electron chi connectivity index (χ2n) is 7.92. The van der Waals surface area contributed by atoms with Crippen LogP contribution in [-0.2, 0) is 10.0 Å². The Morgan fingerprint density at radius 2 is 1.50 bits per heavy atom. The summed E-state index contributed by atoms with van der Waals surface area (Å²) in [6.07, 6.45) is 0. The van der Waals surface area contributed by atoms with E-state index in [4.69, 9.17) is 0 Å². The fraction of sp³-hybridized carbons (Fsp3) is 0.167. The Morgan fingerprint density at radius 3 is 2.24 bits per heavy atom. The van der Waals surface area contributed by atoms with E-state index < -0.39 is 20.6 Å². The first-order valence-corrected chi connectivity index (χ1v) is 12.2. The lowest BCUT2D eigenvalue weighted by Gasteiger charge is -2.34. The van der Waals surface area contributed by atoms with Crippen LogP contribution in [0.15, 0.2) is 83.8 Å². The van der Waals surface area contributed by atoms with Gasteiger partial charge in [-0.05, 0) is 29.0 Å². The Balaban J connectivity index is 1.32. The number of aromatic nitrogens is 2. The third-order valence-corrected chi connectivity index (χ3v) is 7.90. The van der Waals surface area contributed by atoms with Crippen molar-refractivity contribution in [3.05, 3.63) is 89.0 Å². The molecule has 4 aromatic rings. The third-order valence-electron chi connectivity index (χ3n) is 5.96. The van der Waals surface area contributed by atoms with Gasteiger partial charge in [0, 0.05) is 37.8 Å². The van der Waals surface area contributed by atoms with E-state index in [0.29, 0.717) is 18.9 Å². The first-order chi connectivity index (χ1) is 16.4. The quantitative estimate of drug-likeness (QED) is 0.320. The maximum atomic E-state index is 13.0. The van der Waals surface area contributed by atoms with Crippen LogP contribution in [0.25, 0.3) is 22.0 Å². The van der Waals surface area contributed by atoms with Crippen molar-refractivity contribution in [3.63, 3.8) is 0 Å². The first kappa shape index (κ1) is 21.9.